The van der Waals surface area contributed by atoms with Crippen LogP contribution < -0.4 is 14.5 Å². The van der Waals surface area contributed by atoms with Gasteiger partial charge in [-0.05, 0) is 56.2 Å². The van der Waals surface area contributed by atoms with E-state index in [1.54, 1.807) is 25.4 Å². The Labute approximate surface area is 209 Å². The van der Waals surface area contributed by atoms with Crippen LogP contribution >= 0.6 is 0 Å². The van der Waals surface area contributed by atoms with Crippen molar-refractivity contribution in [2.75, 3.05) is 36.0 Å². The minimum Gasteiger partial charge on any atom is -0.487 e. The molecule has 0 aliphatic carbocycles. The molecule has 0 unspecified atom stereocenters. The van der Waals surface area contributed by atoms with E-state index in [0.29, 0.717) is 41.3 Å². The average Bonchev–Trinajstić information content (AvgIpc) is 3.57. The van der Waals surface area contributed by atoms with Crippen molar-refractivity contribution in [3.8, 4) is 5.75 Å². The standard InChI is InChI=1S/C26H32F2N6O2/c1-4-24-31-26(36-32-24)33-8-5-18(6-9-33)17(3)35-20-13-29-25(30-14-20)34-10-7-19(15-34)21-11-16(2)22(27)12-23(21)28/h11-14,17-19H,4-10,15H2,1-3H3/t17-,19+/m0/s1. The van der Waals surface area contributed by atoms with Crippen LogP contribution in [0.5, 0.6) is 5.75 Å². The quantitative estimate of drug-likeness (QED) is 0.464. The molecule has 2 saturated heterocycles. The Bertz CT molecular complexity index is 1180. The zero-order valence-corrected chi connectivity index (χ0v) is 21.0. The number of hydrogen-bond donors (Lipinski definition) is 0. The maximum Gasteiger partial charge on any atom is 0.324 e. The van der Waals surface area contributed by atoms with E-state index in [9.17, 15) is 8.78 Å². The maximum absolute atomic E-state index is 14.3. The van der Waals surface area contributed by atoms with E-state index in [4.69, 9.17) is 9.26 Å². The van der Waals surface area contributed by atoms with Crippen LogP contribution in [0.25, 0.3) is 0 Å². The van der Waals surface area contributed by atoms with Gasteiger partial charge >= 0.3 is 6.01 Å². The van der Waals surface area contributed by atoms with E-state index in [0.717, 1.165) is 57.2 Å². The van der Waals surface area contributed by atoms with Crippen molar-refractivity contribution in [1.29, 1.82) is 0 Å². The van der Waals surface area contributed by atoms with Crippen molar-refractivity contribution >= 4 is 12.0 Å². The Morgan fingerprint density at radius 3 is 2.47 bits per heavy atom. The van der Waals surface area contributed by atoms with Crippen molar-refractivity contribution in [3.63, 3.8) is 0 Å². The molecule has 1 aromatic carbocycles. The van der Waals surface area contributed by atoms with Gasteiger partial charge in [0.25, 0.3) is 0 Å². The molecule has 192 valence electrons. The van der Waals surface area contributed by atoms with Gasteiger partial charge in [0.05, 0.1) is 18.5 Å². The second kappa shape index (κ2) is 10.4. The molecule has 2 aliphatic rings. The highest BCUT2D eigenvalue weighted by Gasteiger charge is 2.29. The molecule has 3 aromatic rings. The van der Waals surface area contributed by atoms with Crippen LogP contribution in [0, 0.1) is 24.5 Å². The van der Waals surface area contributed by atoms with Crippen LogP contribution in [-0.4, -0.2) is 52.4 Å². The largest absolute Gasteiger partial charge is 0.487 e. The van der Waals surface area contributed by atoms with Gasteiger partial charge in [0.2, 0.25) is 5.95 Å². The van der Waals surface area contributed by atoms with E-state index < -0.39 is 11.6 Å². The molecule has 2 aromatic heterocycles. The summed E-state index contributed by atoms with van der Waals surface area (Å²) in [6.07, 6.45) is 6.90. The molecular weight excluding hydrogens is 466 g/mol. The van der Waals surface area contributed by atoms with E-state index in [1.165, 1.54) is 0 Å². The summed E-state index contributed by atoms with van der Waals surface area (Å²) >= 11 is 0. The summed E-state index contributed by atoms with van der Waals surface area (Å²) in [5.41, 5.74) is 1.02. The molecule has 0 radical (unpaired) electrons. The molecule has 0 N–H and O–H groups in total. The number of ether oxygens (including phenoxy) is 1. The number of halogens is 2. The Hall–Kier alpha value is -3.30. The van der Waals surface area contributed by atoms with E-state index in [-0.39, 0.29) is 12.0 Å². The summed E-state index contributed by atoms with van der Waals surface area (Å²) in [5.74, 6) is 1.34. The van der Waals surface area contributed by atoms with Gasteiger partial charge in [0.15, 0.2) is 11.6 Å². The van der Waals surface area contributed by atoms with Gasteiger partial charge in [-0.2, -0.15) is 4.98 Å². The van der Waals surface area contributed by atoms with Crippen LogP contribution in [0.1, 0.15) is 56.0 Å². The first-order valence-electron chi connectivity index (χ1n) is 12.7. The summed E-state index contributed by atoms with van der Waals surface area (Å²) < 4.78 is 39.5. The number of rotatable bonds is 7. The number of anilines is 2. The minimum atomic E-state index is -0.512. The number of benzene rings is 1. The Morgan fingerprint density at radius 1 is 1.06 bits per heavy atom. The first kappa shape index (κ1) is 24.4. The summed E-state index contributed by atoms with van der Waals surface area (Å²) in [5, 5.41) is 3.99. The second-order valence-corrected chi connectivity index (χ2v) is 9.77. The zero-order chi connectivity index (χ0) is 25.2. The molecule has 2 fully saturated rings. The van der Waals surface area contributed by atoms with Crippen molar-refractivity contribution < 1.29 is 18.0 Å². The van der Waals surface area contributed by atoms with Crippen molar-refractivity contribution in [2.45, 2.75) is 58.5 Å². The lowest BCUT2D eigenvalue weighted by molar-refractivity contribution is 0.131. The minimum absolute atomic E-state index is 0.0181. The number of nitrogens with zero attached hydrogens (tertiary/aromatic N) is 6. The highest BCUT2D eigenvalue weighted by atomic mass is 19.1. The molecule has 5 rings (SSSR count). The molecule has 0 spiro atoms. The fraction of sp³-hybridized carbons (Fsp3) is 0.538. The molecule has 0 bridgehead atoms. The lowest BCUT2D eigenvalue weighted by Gasteiger charge is -2.33. The summed E-state index contributed by atoms with van der Waals surface area (Å²) in [6.45, 7) is 8.76. The number of hydrogen-bond acceptors (Lipinski definition) is 8. The normalized spacial score (nSPS) is 19.6. The lowest BCUT2D eigenvalue weighted by Crippen LogP contribution is -2.38. The molecular formula is C26H32F2N6O2. The molecule has 36 heavy (non-hydrogen) atoms. The topological polar surface area (TPSA) is 80.4 Å². The Balaban J connectivity index is 1.13. The van der Waals surface area contributed by atoms with Gasteiger partial charge in [0, 0.05) is 44.6 Å². The van der Waals surface area contributed by atoms with Crippen molar-refractivity contribution in [1.82, 2.24) is 20.1 Å². The van der Waals surface area contributed by atoms with Crippen LogP contribution in [0.4, 0.5) is 20.7 Å². The predicted octanol–water partition coefficient (Wildman–Crippen LogP) is 4.69. The third-order valence-electron chi connectivity index (χ3n) is 7.37. The SMILES string of the molecule is CCc1noc(N2CCC([C@H](C)Oc3cnc(N4CC[C@@H](c5cc(C)c(F)cc5F)C4)nc3)CC2)n1. The van der Waals surface area contributed by atoms with Gasteiger partial charge in [0.1, 0.15) is 11.6 Å². The fourth-order valence-corrected chi connectivity index (χ4v) is 5.11. The van der Waals surface area contributed by atoms with Crippen molar-refractivity contribution in [3.05, 3.63) is 53.1 Å². The maximum atomic E-state index is 14.3. The molecule has 2 atom stereocenters. The van der Waals surface area contributed by atoms with Gasteiger partial charge in [-0.1, -0.05) is 12.1 Å². The number of aryl methyl sites for hydroxylation is 2. The van der Waals surface area contributed by atoms with Crippen molar-refractivity contribution in [2.24, 2.45) is 5.92 Å². The second-order valence-electron chi connectivity index (χ2n) is 9.77. The van der Waals surface area contributed by atoms with Crippen LogP contribution in [0.15, 0.2) is 29.0 Å². The molecule has 0 amide bonds. The Morgan fingerprint density at radius 2 is 1.78 bits per heavy atom. The lowest BCUT2D eigenvalue weighted by atomic mass is 9.92. The summed E-state index contributed by atoms with van der Waals surface area (Å²) in [6, 6.07) is 3.20. The molecule has 2 aliphatic heterocycles. The molecule has 4 heterocycles. The monoisotopic (exact) mass is 498 g/mol. The van der Waals surface area contributed by atoms with Crippen LogP contribution in [-0.2, 0) is 6.42 Å². The third-order valence-corrected chi connectivity index (χ3v) is 7.37. The zero-order valence-electron chi connectivity index (χ0n) is 21.0. The van der Waals surface area contributed by atoms with Gasteiger partial charge in [-0.25, -0.2) is 18.7 Å². The van der Waals surface area contributed by atoms with Gasteiger partial charge in [-0.15, -0.1) is 0 Å². The predicted molar refractivity (Wildman–Crippen MR) is 131 cm³/mol. The third kappa shape index (κ3) is 5.12. The molecule has 10 heteroatoms. The van der Waals surface area contributed by atoms with Gasteiger partial charge < -0.3 is 19.1 Å². The number of aromatic nitrogens is 4. The summed E-state index contributed by atoms with van der Waals surface area (Å²) in [4.78, 5) is 17.6. The van der Waals surface area contributed by atoms with Crippen LogP contribution in [0.3, 0.4) is 0 Å². The molecule has 0 saturated carbocycles. The highest BCUT2D eigenvalue weighted by molar-refractivity contribution is 5.38. The number of piperidine rings is 1. The first-order chi connectivity index (χ1) is 17.4. The fourth-order valence-electron chi connectivity index (χ4n) is 5.11. The van der Waals surface area contributed by atoms with E-state index >= 15 is 0 Å². The van der Waals surface area contributed by atoms with Gasteiger partial charge in [-0.3, -0.25) is 0 Å². The van der Waals surface area contributed by atoms with E-state index in [2.05, 4.69) is 31.9 Å². The average molecular weight is 499 g/mol. The first-order valence-corrected chi connectivity index (χ1v) is 12.7. The van der Waals surface area contributed by atoms with E-state index in [1.807, 2.05) is 11.8 Å². The smallest absolute Gasteiger partial charge is 0.324 e. The molecule has 8 nitrogen and oxygen atoms in total. The highest BCUT2D eigenvalue weighted by Crippen LogP contribution is 2.32. The summed E-state index contributed by atoms with van der Waals surface area (Å²) in [7, 11) is 0. The Kier molecular flexibility index (Phi) is 7.02. The van der Waals surface area contributed by atoms with Crippen LogP contribution in [0.2, 0.25) is 0 Å².